The summed E-state index contributed by atoms with van der Waals surface area (Å²) in [6, 6.07) is 23.9. The number of aliphatic carboxylic acids is 1. The number of aliphatic hydroxyl groups is 6. The number of esters is 3. The van der Waals surface area contributed by atoms with Crippen molar-refractivity contribution in [2.75, 3.05) is 54.4 Å². The van der Waals surface area contributed by atoms with Crippen molar-refractivity contribution in [1.29, 1.82) is 0 Å². The number of ketones is 1. The Balaban J connectivity index is 0.000000230. The van der Waals surface area contributed by atoms with Crippen molar-refractivity contribution >= 4 is 123 Å². The number of carboxylic acid groups (broad SMARTS) is 1. The van der Waals surface area contributed by atoms with Gasteiger partial charge in [0, 0.05) is 89.4 Å². The van der Waals surface area contributed by atoms with Crippen molar-refractivity contribution in [2.24, 2.45) is 16.7 Å². The summed E-state index contributed by atoms with van der Waals surface area (Å²) in [5.74, 6) is -8.51. The van der Waals surface area contributed by atoms with Gasteiger partial charge in [-0.05, 0) is 100 Å². The molecule has 0 radical (unpaired) electrons. The molecule has 2 saturated heterocycles. The van der Waals surface area contributed by atoms with Gasteiger partial charge < -0.3 is 106 Å². The molecule has 14 atom stereocenters. The molecule has 3 unspecified atom stereocenters. The van der Waals surface area contributed by atoms with Crippen LogP contribution in [-0.2, 0) is 75.1 Å². The zero-order valence-corrected chi connectivity index (χ0v) is 69.9. The summed E-state index contributed by atoms with van der Waals surface area (Å²) >= 11 is 21.4. The smallest absolute Gasteiger partial charge is 0.408 e. The topological polar surface area (TPSA) is 516 Å². The van der Waals surface area contributed by atoms with E-state index >= 15 is 0 Å². The first-order valence-electron chi connectivity index (χ1n) is 36.4. The number of fused-ring (bicyclic) bond motifs is 7. The second kappa shape index (κ2) is 39.2. The SMILES string of the molecule is CC(=O)O[C@@]12CO[C@@H]1C[C@H](O)[C@@]1(C)C(=O)[C@H](O)C3=C(C)C(OC(=O)[C@H](O)[C@@H](NC(=O)OC(C)(C)C)c4ccccc4)C[C@@](O)(C(OC(=O)c4ccccc4)C12)C3(C)C.Nc1ccn([C@@H]2O[C@H](CO)[C@@H](O)C2(F)F)c(=O)n1.Nc1nc(=S)c2[nH]cnc2[nH]1.O=C(O)CCCc1ccc(N(CCCl)CCCl)cc1.S=c1nc[nH]c2nc[nH]c12.[Pt]. The van der Waals surface area contributed by atoms with Gasteiger partial charge in [0.25, 0.3) is 0 Å². The molecule has 41 heteroatoms. The van der Waals surface area contributed by atoms with Crippen molar-refractivity contribution in [3.63, 3.8) is 0 Å². The summed E-state index contributed by atoms with van der Waals surface area (Å²) < 4.78 is 63.2. The molecule has 34 nitrogen and oxygen atoms in total. The number of aromatic amines is 4. The molecule has 13 rings (SSSR count). The Morgan fingerprint density at radius 2 is 1.45 bits per heavy atom. The molecular weight excluding hydrogens is 1800 g/mol. The van der Waals surface area contributed by atoms with Crippen molar-refractivity contribution in [2.45, 2.75) is 171 Å². The molecule has 0 spiro atoms. The first-order valence-corrected chi connectivity index (χ1v) is 38.3. The predicted molar refractivity (Wildman–Crippen MR) is 422 cm³/mol. The van der Waals surface area contributed by atoms with Crippen molar-refractivity contribution in [3.05, 3.63) is 164 Å². The fourth-order valence-corrected chi connectivity index (χ4v) is 15.7. The molecule has 3 aliphatic carbocycles. The van der Waals surface area contributed by atoms with Crippen LogP contribution in [0.15, 0.2) is 132 Å². The van der Waals surface area contributed by atoms with Crippen LogP contribution in [-0.4, -0.2) is 231 Å². The molecule has 3 aromatic carbocycles. The summed E-state index contributed by atoms with van der Waals surface area (Å²) in [5.41, 5.74) is 6.62. The Bertz CT molecular complexity index is 5030. The van der Waals surface area contributed by atoms with Crippen LogP contribution in [0, 0.1) is 26.0 Å². The maximum atomic E-state index is 14.9. The van der Waals surface area contributed by atoms with E-state index < -0.39 is 155 Å². The van der Waals surface area contributed by atoms with Crippen LogP contribution in [0.25, 0.3) is 22.3 Å². The number of rotatable bonds is 19. The molecule has 2 saturated carbocycles. The second-order valence-electron chi connectivity index (χ2n) is 29.6. The van der Waals surface area contributed by atoms with Crippen LogP contribution in [0.2, 0.25) is 0 Å². The summed E-state index contributed by atoms with van der Waals surface area (Å²) in [6.07, 6.45) is -9.84. The molecule has 636 valence electrons. The van der Waals surface area contributed by atoms with Gasteiger partial charge in [-0.3, -0.25) is 19.0 Å². The van der Waals surface area contributed by atoms with Gasteiger partial charge in [-0.15, -0.1) is 23.2 Å². The van der Waals surface area contributed by atoms with E-state index in [2.05, 4.69) is 55.1 Å². The van der Waals surface area contributed by atoms with E-state index in [0.29, 0.717) is 48.8 Å². The molecule has 117 heavy (non-hydrogen) atoms. The quantitative estimate of drug-likeness (QED) is 0.0128. The third kappa shape index (κ3) is 20.8. The van der Waals surface area contributed by atoms with E-state index in [-0.39, 0.29) is 69.0 Å². The van der Waals surface area contributed by atoms with Crippen molar-refractivity contribution in [1.82, 2.24) is 54.7 Å². The minimum absolute atomic E-state index is 0. The van der Waals surface area contributed by atoms with E-state index in [1.807, 2.05) is 24.3 Å². The molecular formula is C76H92Cl2F2N14O20PtS2. The standard InChI is InChI=1S/C43H53NO14.C14H19Cl2NO2.C9H11F2N3O4.C5H5N5S.C5H4N4S.Pt/c1-22-26(55-37(51)32(48)30(24-15-11-9-12-16-24)44-38(52)58-39(3,4)5)20-43(53)35(56-36(50)25-17-13-10-14-18-25)33-41(8,34(49)31(47)29(22)40(43,6)7)27(46)19-28-42(33,21-54-28)57-23(2)45;15-8-10-17(11-9-16)13-6-4-12(5-7-13)2-1-3-14(18)19;10-9(11)6(16)4(3-15)18-7(9)14-2-1-5(12)13-8(14)17;6-5-9-3-2(4(11)10-5)7-1-8-3;10-5-3-4(7-1-6-3)8-2-9-5;/h9-18,26-28,30-33,35,46-48,53H,19-21H2,1-8H3,(H,44,52);4-7H,1-3,8-11H2,(H,18,19);1-2,4,6-7,15-16H,3H2,(H2,12,13,17);1H,(H4,6,7,8,9,10,11);1-2H,(H2,6,7,8,9,10);/t26?,27-,28+,30-,31+,32+,33?,35?,41+,42-,43+;;4-,6-,7-;;;/m0.1.../s1. The number of halogens is 4. The van der Waals surface area contributed by atoms with Gasteiger partial charge in [0.05, 0.1) is 61.2 Å². The number of carboxylic acids is 1. The summed E-state index contributed by atoms with van der Waals surface area (Å²) in [6.45, 7) is 12.5. The second-order valence-corrected chi connectivity index (χ2v) is 31.1. The number of hydrogen-bond donors (Lipinski definition) is 14. The number of aliphatic hydroxyl groups excluding tert-OH is 5. The Labute approximate surface area is 702 Å². The first-order chi connectivity index (χ1) is 54.7. The number of benzene rings is 3. The largest absolute Gasteiger partial charge is 0.481 e. The monoisotopic (exact) mass is 1890 g/mol. The summed E-state index contributed by atoms with van der Waals surface area (Å²) in [4.78, 5) is 123. The van der Waals surface area contributed by atoms with Crippen LogP contribution in [0.5, 0.6) is 0 Å². The van der Waals surface area contributed by atoms with Gasteiger partial charge in [-0.2, -0.15) is 13.8 Å². The number of anilines is 3. The third-order valence-corrected chi connectivity index (χ3v) is 21.6. The van der Waals surface area contributed by atoms with E-state index in [9.17, 15) is 67.9 Å². The number of aryl methyl sites for hydroxylation is 1. The molecule has 5 aromatic heterocycles. The average Bonchev–Trinajstić information content (AvgIpc) is 1.08. The zero-order chi connectivity index (χ0) is 85.2. The van der Waals surface area contributed by atoms with Gasteiger partial charge in [-0.1, -0.05) is 98.9 Å². The Hall–Kier alpha value is -9.15. The number of nitrogens with zero attached hydrogens (tertiary/aromatic N) is 7. The van der Waals surface area contributed by atoms with Gasteiger partial charge in [0.1, 0.15) is 58.6 Å². The zero-order valence-electron chi connectivity index (χ0n) is 64.5. The maximum Gasteiger partial charge on any atom is 0.408 e. The van der Waals surface area contributed by atoms with Crippen LogP contribution < -0.4 is 27.4 Å². The van der Waals surface area contributed by atoms with Gasteiger partial charge in [0.2, 0.25) is 12.2 Å². The minimum Gasteiger partial charge on any atom is -0.481 e. The minimum atomic E-state index is -3.71. The molecule has 2 aliphatic heterocycles. The van der Waals surface area contributed by atoms with Gasteiger partial charge in [0.15, 0.2) is 44.2 Å². The molecule has 2 bridgehead atoms. The first kappa shape index (κ1) is 93.3. The predicted octanol–water partition coefficient (Wildman–Crippen LogP) is 6.96. The Morgan fingerprint density at radius 1 is 0.846 bits per heavy atom. The van der Waals surface area contributed by atoms with E-state index in [0.717, 1.165) is 61.1 Å². The van der Waals surface area contributed by atoms with Crippen LogP contribution in [0.1, 0.15) is 115 Å². The van der Waals surface area contributed by atoms with Crippen LogP contribution in [0.4, 0.5) is 31.0 Å². The third-order valence-electron chi connectivity index (χ3n) is 20.7. The number of carbonyl (C=O) groups is 6. The number of aromatic nitrogens is 10. The van der Waals surface area contributed by atoms with Crippen molar-refractivity contribution < 1.29 is 123 Å². The number of nitrogen functional groups attached to an aromatic ring is 2. The number of amides is 1. The number of nitrogens with one attached hydrogen (secondary N) is 5. The molecule has 16 N–H and O–H groups in total. The summed E-state index contributed by atoms with van der Waals surface area (Å²) in [5, 5.41) is 78.3. The van der Waals surface area contributed by atoms with E-state index in [1.54, 1.807) is 89.5 Å². The number of ether oxygens (including phenoxy) is 6. The Kier molecular flexibility index (Phi) is 31.2. The molecule has 1 amide bonds. The number of Topliss-reactive ketones (excluding diaryl/α,β-unsaturated/α-hetero) is 1. The number of imidazole rings is 2. The van der Waals surface area contributed by atoms with Crippen molar-refractivity contribution in [3.8, 4) is 0 Å². The fourth-order valence-electron chi connectivity index (χ4n) is 14.8. The normalized spacial score (nSPS) is 25.0. The van der Waals surface area contributed by atoms with Crippen LogP contribution >= 0.6 is 47.6 Å². The number of hydrogen-bond acceptors (Lipinski definition) is 29. The van der Waals surface area contributed by atoms with Crippen LogP contribution in [0.3, 0.4) is 0 Å². The van der Waals surface area contributed by atoms with Gasteiger partial charge in [-0.25, -0.2) is 39.1 Å². The molecule has 8 aromatic rings. The number of alkyl carbamates (subject to hydrolysis) is 1. The fraction of sp³-hybridized carbons (Fsp3) is 0.474. The number of nitrogens with two attached hydrogens (primary N) is 2. The maximum absolute atomic E-state index is 14.9. The van der Waals surface area contributed by atoms with Gasteiger partial charge >= 0.3 is 41.6 Å². The molecule has 5 aliphatic rings. The summed E-state index contributed by atoms with van der Waals surface area (Å²) in [7, 11) is 0. The number of alkyl halides is 4. The Morgan fingerprint density at radius 3 is 2.01 bits per heavy atom. The molecule has 4 fully saturated rings. The number of carbonyl (C=O) groups excluding carboxylic acids is 5. The number of H-pyrrole nitrogens is 4. The average molecular weight is 1890 g/mol. The van der Waals surface area contributed by atoms with E-state index in [1.165, 1.54) is 38.6 Å². The molecule has 7 heterocycles. The van der Waals surface area contributed by atoms with E-state index in [4.69, 9.17) is 97.7 Å².